The first-order valence-electron chi connectivity index (χ1n) is 10.1. The first-order valence-corrected chi connectivity index (χ1v) is 11.5. The molecule has 0 spiro atoms. The topological polar surface area (TPSA) is 55.8 Å². The maximum absolute atomic E-state index is 12.4. The molecule has 1 aliphatic heterocycles. The van der Waals surface area contributed by atoms with Gasteiger partial charge in [-0.15, -0.1) is 0 Å². The van der Waals surface area contributed by atoms with Crippen molar-refractivity contribution in [1.29, 1.82) is 0 Å². The predicted molar refractivity (Wildman–Crippen MR) is 116 cm³/mol. The number of rotatable bonds is 7. The second kappa shape index (κ2) is 9.43. The van der Waals surface area contributed by atoms with Crippen LogP contribution in [0.1, 0.15) is 17.2 Å². The summed E-state index contributed by atoms with van der Waals surface area (Å²) in [6.45, 7) is 3.40. The van der Waals surface area contributed by atoms with E-state index >= 15 is 0 Å². The Balaban J connectivity index is 1.36. The van der Waals surface area contributed by atoms with Crippen molar-refractivity contribution in [2.45, 2.75) is 17.4 Å². The van der Waals surface area contributed by atoms with Gasteiger partial charge in [-0.2, -0.15) is 8.42 Å². The molecule has 1 heterocycles. The molecule has 0 amide bonds. The van der Waals surface area contributed by atoms with Crippen LogP contribution in [0.25, 0.3) is 0 Å². The van der Waals surface area contributed by atoms with E-state index in [0.29, 0.717) is 12.4 Å². The first-order chi connectivity index (χ1) is 14.6. The average Bonchev–Trinajstić information content (AvgIpc) is 2.79. The molecule has 0 radical (unpaired) electrons. The molecule has 0 bridgehead atoms. The van der Waals surface area contributed by atoms with Crippen LogP contribution in [-0.2, 0) is 21.3 Å². The van der Waals surface area contributed by atoms with Crippen LogP contribution in [0.15, 0.2) is 89.8 Å². The van der Waals surface area contributed by atoms with Crippen molar-refractivity contribution in [1.82, 2.24) is 4.90 Å². The van der Waals surface area contributed by atoms with Crippen molar-refractivity contribution in [3.05, 3.63) is 96.1 Å². The summed E-state index contributed by atoms with van der Waals surface area (Å²) >= 11 is 0. The maximum Gasteiger partial charge on any atom is 0.339 e. The van der Waals surface area contributed by atoms with Gasteiger partial charge in [0.15, 0.2) is 0 Å². The van der Waals surface area contributed by atoms with Gasteiger partial charge in [0.1, 0.15) is 10.6 Å². The molecule has 5 nitrogen and oxygen atoms in total. The standard InChI is InChI=1S/C24H25NO4S/c26-30(27,23-9-5-2-6-10-23)29-22-13-11-21(12-14-22)24-19-25(17-18-28-24)16-15-20-7-3-1-4-8-20/h1-14,24H,15-19H2/t24-/m0/s1. The van der Waals surface area contributed by atoms with Gasteiger partial charge in [0.2, 0.25) is 0 Å². The molecule has 4 rings (SSSR count). The number of benzene rings is 3. The highest BCUT2D eigenvalue weighted by atomic mass is 32.2. The molecule has 3 aromatic rings. The molecule has 6 heteroatoms. The van der Waals surface area contributed by atoms with Crippen LogP contribution >= 0.6 is 0 Å². The normalized spacial score (nSPS) is 17.5. The van der Waals surface area contributed by atoms with Crippen LogP contribution in [-0.4, -0.2) is 39.6 Å². The van der Waals surface area contributed by atoms with E-state index in [2.05, 4.69) is 29.2 Å². The van der Waals surface area contributed by atoms with E-state index in [9.17, 15) is 8.42 Å². The molecule has 0 aliphatic carbocycles. The third-order valence-electron chi connectivity index (χ3n) is 5.20. The summed E-state index contributed by atoms with van der Waals surface area (Å²) < 4.78 is 35.9. The molecule has 1 atom stereocenters. The first kappa shape index (κ1) is 20.6. The molecule has 1 fully saturated rings. The van der Waals surface area contributed by atoms with Gasteiger partial charge in [-0.3, -0.25) is 4.90 Å². The van der Waals surface area contributed by atoms with Crippen molar-refractivity contribution >= 4 is 10.1 Å². The fraction of sp³-hybridized carbons (Fsp3) is 0.250. The number of nitrogens with zero attached hydrogens (tertiary/aromatic N) is 1. The van der Waals surface area contributed by atoms with Gasteiger partial charge in [-0.1, -0.05) is 60.7 Å². The van der Waals surface area contributed by atoms with E-state index in [-0.39, 0.29) is 11.0 Å². The highest BCUT2D eigenvalue weighted by Gasteiger charge is 2.22. The second-order valence-electron chi connectivity index (χ2n) is 7.32. The van der Waals surface area contributed by atoms with Crippen molar-refractivity contribution in [2.24, 2.45) is 0 Å². The fourth-order valence-corrected chi connectivity index (χ4v) is 4.49. The van der Waals surface area contributed by atoms with Crippen molar-refractivity contribution in [2.75, 3.05) is 26.2 Å². The summed E-state index contributed by atoms with van der Waals surface area (Å²) in [6, 6.07) is 25.7. The Kier molecular flexibility index (Phi) is 6.47. The van der Waals surface area contributed by atoms with Crippen LogP contribution in [0.5, 0.6) is 5.75 Å². The van der Waals surface area contributed by atoms with Gasteiger partial charge in [0.05, 0.1) is 12.7 Å². The summed E-state index contributed by atoms with van der Waals surface area (Å²) in [6.07, 6.45) is 0.979. The lowest BCUT2D eigenvalue weighted by atomic mass is 10.1. The minimum Gasteiger partial charge on any atom is -0.379 e. The van der Waals surface area contributed by atoms with Gasteiger partial charge < -0.3 is 8.92 Å². The summed E-state index contributed by atoms with van der Waals surface area (Å²) in [5.74, 6) is 0.291. The van der Waals surface area contributed by atoms with Crippen LogP contribution in [0.2, 0.25) is 0 Å². The molecule has 0 N–H and O–H groups in total. The highest BCUT2D eigenvalue weighted by Crippen LogP contribution is 2.26. The maximum atomic E-state index is 12.4. The van der Waals surface area contributed by atoms with Crippen LogP contribution in [0.3, 0.4) is 0 Å². The zero-order valence-corrected chi connectivity index (χ0v) is 17.5. The molecule has 0 saturated carbocycles. The average molecular weight is 424 g/mol. The lowest BCUT2D eigenvalue weighted by Gasteiger charge is -2.33. The molecular weight excluding hydrogens is 398 g/mol. The lowest BCUT2D eigenvalue weighted by molar-refractivity contribution is -0.0295. The summed E-state index contributed by atoms with van der Waals surface area (Å²) in [5, 5.41) is 0. The Morgan fingerprint density at radius 1 is 0.900 bits per heavy atom. The Morgan fingerprint density at radius 2 is 1.57 bits per heavy atom. The molecule has 30 heavy (non-hydrogen) atoms. The molecule has 0 unspecified atom stereocenters. The number of morpholine rings is 1. The van der Waals surface area contributed by atoms with Crippen LogP contribution in [0, 0.1) is 0 Å². The Bertz CT molecular complexity index is 1040. The van der Waals surface area contributed by atoms with E-state index < -0.39 is 10.1 Å². The summed E-state index contributed by atoms with van der Waals surface area (Å²) in [5.41, 5.74) is 2.35. The van der Waals surface area contributed by atoms with Crippen LogP contribution < -0.4 is 4.18 Å². The number of hydrogen-bond acceptors (Lipinski definition) is 5. The zero-order valence-electron chi connectivity index (χ0n) is 16.7. The van der Waals surface area contributed by atoms with E-state index in [0.717, 1.165) is 31.6 Å². The molecule has 3 aromatic carbocycles. The highest BCUT2D eigenvalue weighted by molar-refractivity contribution is 7.87. The van der Waals surface area contributed by atoms with Crippen molar-refractivity contribution in [3.63, 3.8) is 0 Å². The molecule has 1 saturated heterocycles. The van der Waals surface area contributed by atoms with Gasteiger partial charge in [0, 0.05) is 19.6 Å². The van der Waals surface area contributed by atoms with E-state index in [1.165, 1.54) is 17.7 Å². The van der Waals surface area contributed by atoms with Gasteiger partial charge >= 0.3 is 10.1 Å². The third kappa shape index (κ3) is 5.27. The van der Waals surface area contributed by atoms with Crippen LogP contribution in [0.4, 0.5) is 0 Å². The molecular formula is C24H25NO4S. The lowest BCUT2D eigenvalue weighted by Crippen LogP contribution is -2.39. The van der Waals surface area contributed by atoms with E-state index in [1.54, 1.807) is 30.3 Å². The van der Waals surface area contributed by atoms with Gasteiger partial charge in [-0.05, 0) is 41.8 Å². The van der Waals surface area contributed by atoms with Gasteiger partial charge in [-0.25, -0.2) is 0 Å². The Hall–Kier alpha value is -2.67. The fourth-order valence-electron chi connectivity index (χ4n) is 3.54. The van der Waals surface area contributed by atoms with Gasteiger partial charge in [0.25, 0.3) is 0 Å². The smallest absolute Gasteiger partial charge is 0.339 e. The molecule has 156 valence electrons. The summed E-state index contributed by atoms with van der Waals surface area (Å²) in [4.78, 5) is 2.55. The second-order valence-corrected chi connectivity index (χ2v) is 8.86. The molecule has 0 aromatic heterocycles. The predicted octanol–water partition coefficient (Wildman–Crippen LogP) is 4.07. The van der Waals surface area contributed by atoms with Crippen molar-refractivity contribution < 1.29 is 17.3 Å². The van der Waals surface area contributed by atoms with E-state index in [1.807, 2.05) is 18.2 Å². The Morgan fingerprint density at radius 3 is 2.27 bits per heavy atom. The minimum absolute atomic E-state index is 0.0331. The quantitative estimate of drug-likeness (QED) is 0.536. The summed E-state index contributed by atoms with van der Waals surface area (Å²) in [7, 11) is -3.83. The minimum atomic E-state index is -3.83. The number of ether oxygens (including phenoxy) is 1. The zero-order chi connectivity index (χ0) is 20.8. The monoisotopic (exact) mass is 423 g/mol. The Labute approximate surface area is 178 Å². The largest absolute Gasteiger partial charge is 0.379 e. The SMILES string of the molecule is O=S(=O)(Oc1ccc([C@@H]2CN(CCc3ccccc3)CCO2)cc1)c1ccccc1. The van der Waals surface area contributed by atoms with E-state index in [4.69, 9.17) is 8.92 Å². The van der Waals surface area contributed by atoms with Crippen molar-refractivity contribution in [3.8, 4) is 5.75 Å². The third-order valence-corrected chi connectivity index (χ3v) is 6.46. The number of hydrogen-bond donors (Lipinski definition) is 0. The molecule has 1 aliphatic rings.